The second-order valence-corrected chi connectivity index (χ2v) is 4.74. The first-order valence-corrected chi connectivity index (χ1v) is 6.53. The van der Waals surface area contributed by atoms with E-state index in [9.17, 15) is 0 Å². The first-order valence-electron chi connectivity index (χ1n) is 6.53. The van der Waals surface area contributed by atoms with Crippen molar-refractivity contribution in [2.24, 2.45) is 0 Å². The molecule has 0 saturated carbocycles. The second-order valence-electron chi connectivity index (χ2n) is 4.74. The zero-order valence-electron chi connectivity index (χ0n) is 10.8. The van der Waals surface area contributed by atoms with E-state index in [-0.39, 0.29) is 0 Å². The van der Waals surface area contributed by atoms with Crippen molar-refractivity contribution >= 4 is 27.6 Å². The molecule has 0 unspecified atom stereocenters. The molecule has 2 heterocycles. The molecule has 2 aromatic heterocycles. The highest BCUT2D eigenvalue weighted by molar-refractivity contribution is 5.89. The molecule has 0 aliphatic rings. The number of aromatic nitrogens is 2. The Labute approximate surface area is 115 Å². The van der Waals surface area contributed by atoms with Crippen LogP contribution in [0.4, 0.5) is 5.69 Å². The van der Waals surface area contributed by atoms with Crippen molar-refractivity contribution in [3.05, 3.63) is 60.5 Å². The van der Waals surface area contributed by atoms with Crippen LogP contribution in [0.25, 0.3) is 21.9 Å². The van der Waals surface area contributed by atoms with Gasteiger partial charge in [0.15, 0.2) is 0 Å². The number of benzene rings is 2. The van der Waals surface area contributed by atoms with E-state index in [1.165, 1.54) is 0 Å². The van der Waals surface area contributed by atoms with E-state index in [0.717, 1.165) is 33.3 Å². The van der Waals surface area contributed by atoms with E-state index < -0.39 is 0 Å². The highest BCUT2D eigenvalue weighted by Crippen LogP contribution is 2.23. The minimum absolute atomic E-state index is 0.646. The van der Waals surface area contributed by atoms with Crippen LogP contribution in [0.1, 0.15) is 5.76 Å². The summed E-state index contributed by atoms with van der Waals surface area (Å²) in [6.45, 7) is 0.646. The normalized spacial score (nSPS) is 11.2. The molecule has 4 nitrogen and oxygen atoms in total. The highest BCUT2D eigenvalue weighted by atomic mass is 16.3. The quantitative estimate of drug-likeness (QED) is 0.589. The van der Waals surface area contributed by atoms with Crippen LogP contribution in [0, 0.1) is 0 Å². The number of rotatable bonds is 3. The largest absolute Gasteiger partial charge is 0.459 e. The summed E-state index contributed by atoms with van der Waals surface area (Å²) < 4.78 is 5.79. The number of fused-ring (bicyclic) bond motifs is 2. The summed E-state index contributed by atoms with van der Waals surface area (Å²) in [6, 6.07) is 16.2. The van der Waals surface area contributed by atoms with Gasteiger partial charge in [0.25, 0.3) is 0 Å². The number of anilines is 1. The van der Waals surface area contributed by atoms with Crippen molar-refractivity contribution in [2.75, 3.05) is 5.32 Å². The highest BCUT2D eigenvalue weighted by Gasteiger charge is 2.05. The maximum Gasteiger partial charge on any atom is 0.134 e. The average Bonchev–Trinajstić information content (AvgIpc) is 3.11. The summed E-state index contributed by atoms with van der Waals surface area (Å²) in [5.41, 5.74) is 2.97. The molecular formula is C16H13N3O. The van der Waals surface area contributed by atoms with Gasteiger partial charge in [-0.1, -0.05) is 30.3 Å². The molecule has 0 radical (unpaired) electrons. The van der Waals surface area contributed by atoms with E-state index in [2.05, 4.69) is 27.6 Å². The number of H-pyrrole nitrogens is 1. The van der Waals surface area contributed by atoms with Crippen LogP contribution in [-0.4, -0.2) is 10.2 Å². The lowest BCUT2D eigenvalue weighted by molar-refractivity contribution is 0.559. The van der Waals surface area contributed by atoms with Crippen molar-refractivity contribution in [1.29, 1.82) is 0 Å². The van der Waals surface area contributed by atoms with Gasteiger partial charge in [0.1, 0.15) is 11.3 Å². The molecule has 0 aliphatic carbocycles. The van der Waals surface area contributed by atoms with Gasteiger partial charge in [-0.3, -0.25) is 5.10 Å². The van der Waals surface area contributed by atoms with E-state index in [1.807, 2.05) is 42.6 Å². The van der Waals surface area contributed by atoms with Crippen molar-refractivity contribution in [3.8, 4) is 0 Å². The van der Waals surface area contributed by atoms with Gasteiger partial charge in [-0.25, -0.2) is 0 Å². The smallest absolute Gasteiger partial charge is 0.134 e. The van der Waals surface area contributed by atoms with E-state index in [1.54, 1.807) is 0 Å². The maximum atomic E-state index is 5.79. The van der Waals surface area contributed by atoms with Crippen LogP contribution in [0.5, 0.6) is 0 Å². The summed E-state index contributed by atoms with van der Waals surface area (Å²) in [4.78, 5) is 0. The van der Waals surface area contributed by atoms with Gasteiger partial charge in [-0.2, -0.15) is 5.10 Å². The molecule has 0 spiro atoms. The van der Waals surface area contributed by atoms with Gasteiger partial charge in [0.05, 0.1) is 23.9 Å². The van der Waals surface area contributed by atoms with Crippen molar-refractivity contribution in [2.45, 2.75) is 6.54 Å². The lowest BCUT2D eigenvalue weighted by atomic mass is 10.2. The summed E-state index contributed by atoms with van der Waals surface area (Å²) >= 11 is 0. The van der Waals surface area contributed by atoms with Crippen LogP contribution in [0.3, 0.4) is 0 Å². The Balaban J connectivity index is 1.62. The molecule has 0 fully saturated rings. The molecule has 0 saturated heterocycles. The number of nitrogens with one attached hydrogen (secondary N) is 2. The van der Waals surface area contributed by atoms with Crippen LogP contribution >= 0.6 is 0 Å². The third-order valence-electron chi connectivity index (χ3n) is 3.41. The lowest BCUT2D eigenvalue weighted by Gasteiger charge is -2.05. The van der Waals surface area contributed by atoms with Crippen LogP contribution in [0.15, 0.2) is 59.1 Å². The first kappa shape index (κ1) is 11.1. The van der Waals surface area contributed by atoms with Crippen molar-refractivity contribution in [1.82, 2.24) is 10.2 Å². The molecule has 98 valence electrons. The molecule has 0 amide bonds. The Morgan fingerprint density at radius 2 is 1.95 bits per heavy atom. The molecule has 4 aromatic rings. The lowest BCUT2D eigenvalue weighted by Crippen LogP contribution is -1.98. The minimum atomic E-state index is 0.646. The first-order chi connectivity index (χ1) is 9.90. The second kappa shape index (κ2) is 4.42. The van der Waals surface area contributed by atoms with E-state index in [4.69, 9.17) is 4.42 Å². The molecule has 4 heteroatoms. The average molecular weight is 263 g/mol. The fourth-order valence-electron chi connectivity index (χ4n) is 2.42. The van der Waals surface area contributed by atoms with Crippen LogP contribution in [-0.2, 0) is 6.54 Å². The molecule has 4 rings (SSSR count). The fourth-order valence-corrected chi connectivity index (χ4v) is 2.42. The minimum Gasteiger partial charge on any atom is -0.459 e. The Kier molecular flexibility index (Phi) is 2.45. The molecule has 0 atom stereocenters. The van der Waals surface area contributed by atoms with Gasteiger partial charge >= 0.3 is 0 Å². The Morgan fingerprint density at radius 1 is 1.05 bits per heavy atom. The van der Waals surface area contributed by atoms with E-state index in [0.29, 0.717) is 6.54 Å². The molecule has 2 N–H and O–H groups in total. The van der Waals surface area contributed by atoms with E-state index >= 15 is 0 Å². The number of nitrogens with zero attached hydrogens (tertiary/aromatic N) is 1. The summed E-state index contributed by atoms with van der Waals surface area (Å²) in [7, 11) is 0. The SMILES string of the molecule is c1ccc2oc(CNc3cccc4cn[nH]c34)cc2c1. The maximum absolute atomic E-state index is 5.79. The number of hydrogen-bond acceptors (Lipinski definition) is 3. The zero-order valence-corrected chi connectivity index (χ0v) is 10.8. The predicted molar refractivity (Wildman–Crippen MR) is 79.6 cm³/mol. The van der Waals surface area contributed by atoms with Crippen molar-refractivity contribution < 1.29 is 4.42 Å². The summed E-state index contributed by atoms with van der Waals surface area (Å²) in [5.74, 6) is 0.919. The fraction of sp³-hybridized carbons (Fsp3) is 0.0625. The van der Waals surface area contributed by atoms with Gasteiger partial charge in [-0.15, -0.1) is 0 Å². The Hall–Kier alpha value is -2.75. The van der Waals surface area contributed by atoms with Crippen molar-refractivity contribution in [3.63, 3.8) is 0 Å². The van der Waals surface area contributed by atoms with Crippen LogP contribution in [0.2, 0.25) is 0 Å². The zero-order chi connectivity index (χ0) is 13.4. The number of para-hydroxylation sites is 2. The Morgan fingerprint density at radius 3 is 2.90 bits per heavy atom. The van der Waals surface area contributed by atoms with Gasteiger partial charge < -0.3 is 9.73 Å². The van der Waals surface area contributed by atoms with Gasteiger partial charge in [0.2, 0.25) is 0 Å². The third-order valence-corrected chi connectivity index (χ3v) is 3.41. The van der Waals surface area contributed by atoms with Gasteiger partial charge in [0, 0.05) is 10.8 Å². The molecule has 0 aliphatic heterocycles. The molecule has 20 heavy (non-hydrogen) atoms. The van der Waals surface area contributed by atoms with Crippen LogP contribution < -0.4 is 5.32 Å². The predicted octanol–water partition coefficient (Wildman–Crippen LogP) is 3.92. The molecular weight excluding hydrogens is 250 g/mol. The number of hydrogen-bond donors (Lipinski definition) is 2. The number of aromatic amines is 1. The topological polar surface area (TPSA) is 53.9 Å². The standard InChI is InChI=1S/C16H13N3O/c1-2-7-15-11(4-1)8-13(20-15)10-17-14-6-3-5-12-9-18-19-16(12)14/h1-9,17H,10H2,(H,18,19). The number of furan rings is 1. The monoisotopic (exact) mass is 263 g/mol. The summed E-state index contributed by atoms with van der Waals surface area (Å²) in [6.07, 6.45) is 1.82. The molecule has 2 aromatic carbocycles. The molecule has 0 bridgehead atoms. The summed E-state index contributed by atoms with van der Waals surface area (Å²) in [5, 5.41) is 12.7. The third kappa shape index (κ3) is 1.82. The van der Waals surface area contributed by atoms with Gasteiger partial charge in [-0.05, 0) is 18.2 Å². The Bertz CT molecular complexity index is 842.